The van der Waals surface area contributed by atoms with Crippen LogP contribution in [0.1, 0.15) is 6.92 Å². The topological polar surface area (TPSA) is 148 Å². The average Bonchev–Trinajstić information content (AvgIpc) is 2.30. The Labute approximate surface area is 96.6 Å². The molecule has 1 saturated heterocycles. The number of carbonyl (C=O) groups excluding carboxylic acids is 1. The van der Waals surface area contributed by atoms with Crippen LogP contribution in [-0.2, 0) is 9.53 Å². The summed E-state index contributed by atoms with van der Waals surface area (Å²) in [6.07, 6.45) is -5.97. The van der Waals surface area contributed by atoms with Gasteiger partial charge >= 0.3 is 0 Å². The van der Waals surface area contributed by atoms with Gasteiger partial charge in [-0.15, -0.1) is 0 Å². The molecule has 1 fully saturated rings. The van der Waals surface area contributed by atoms with E-state index in [4.69, 9.17) is 10.3 Å². The van der Waals surface area contributed by atoms with Crippen molar-refractivity contribution in [2.75, 3.05) is 6.54 Å². The summed E-state index contributed by atoms with van der Waals surface area (Å²) >= 11 is 0. The normalized spacial score (nSPS) is 37.1. The molecule has 5 atom stereocenters. The fourth-order valence-electron chi connectivity index (χ4n) is 1.47. The number of aliphatic hydroxyl groups is 3. The molecule has 0 aromatic carbocycles. The quantitative estimate of drug-likeness (QED) is 0.264. The van der Waals surface area contributed by atoms with Crippen LogP contribution in [0.3, 0.4) is 0 Å². The van der Waals surface area contributed by atoms with E-state index in [2.05, 4.69) is 15.3 Å². The van der Waals surface area contributed by atoms with Crippen LogP contribution in [0.4, 0.5) is 0 Å². The number of nitrogens with zero attached hydrogens (tertiary/aromatic N) is 3. The van der Waals surface area contributed by atoms with E-state index in [1.165, 1.54) is 6.92 Å². The molecule has 96 valence electrons. The van der Waals surface area contributed by atoms with E-state index in [0.717, 1.165) is 0 Å². The van der Waals surface area contributed by atoms with Crippen molar-refractivity contribution in [3.05, 3.63) is 10.4 Å². The summed E-state index contributed by atoms with van der Waals surface area (Å²) in [5.74, 6) is -0.650. The van der Waals surface area contributed by atoms with Crippen molar-refractivity contribution in [2.24, 2.45) is 5.11 Å². The van der Waals surface area contributed by atoms with Crippen molar-refractivity contribution in [3.63, 3.8) is 0 Å². The average molecular weight is 246 g/mol. The van der Waals surface area contributed by atoms with Gasteiger partial charge in [0.05, 0.1) is 6.10 Å². The second-order valence-corrected chi connectivity index (χ2v) is 3.69. The zero-order valence-corrected chi connectivity index (χ0v) is 9.09. The predicted octanol–water partition coefficient (Wildman–Crippen LogP) is -1.76. The van der Waals surface area contributed by atoms with Crippen molar-refractivity contribution in [2.45, 2.75) is 37.6 Å². The minimum atomic E-state index is -1.45. The number of aliphatic hydroxyl groups excluding tert-OH is 3. The molecule has 1 aliphatic rings. The minimum absolute atomic E-state index is 0.434. The Morgan fingerprint density at radius 1 is 1.41 bits per heavy atom. The summed E-state index contributed by atoms with van der Waals surface area (Å²) in [6, 6.07) is 0. The SMILES string of the molecule is C[C@@H]1O[C@H](NC(=O)CN=[N+]=[N-])[C@H](O)[C@H](O)[C@H]1O. The zero-order valence-electron chi connectivity index (χ0n) is 9.09. The lowest BCUT2D eigenvalue weighted by molar-refractivity contribution is -0.224. The second-order valence-electron chi connectivity index (χ2n) is 3.69. The lowest BCUT2D eigenvalue weighted by atomic mass is 9.99. The van der Waals surface area contributed by atoms with Crippen LogP contribution < -0.4 is 5.32 Å². The maximum atomic E-state index is 11.2. The molecule has 0 radical (unpaired) electrons. The number of rotatable bonds is 3. The van der Waals surface area contributed by atoms with Gasteiger partial charge in [0.25, 0.3) is 0 Å². The number of hydrogen-bond donors (Lipinski definition) is 4. The zero-order chi connectivity index (χ0) is 13.0. The molecule has 0 spiro atoms. The van der Waals surface area contributed by atoms with Gasteiger partial charge in [-0.1, -0.05) is 5.11 Å². The fraction of sp³-hybridized carbons (Fsp3) is 0.875. The smallest absolute Gasteiger partial charge is 0.227 e. The van der Waals surface area contributed by atoms with Crippen LogP contribution in [0, 0.1) is 0 Å². The summed E-state index contributed by atoms with van der Waals surface area (Å²) in [7, 11) is 0. The van der Waals surface area contributed by atoms with Gasteiger partial charge in [-0.25, -0.2) is 0 Å². The van der Waals surface area contributed by atoms with Crippen LogP contribution >= 0.6 is 0 Å². The number of carbonyl (C=O) groups is 1. The highest BCUT2D eigenvalue weighted by Crippen LogP contribution is 2.19. The summed E-state index contributed by atoms with van der Waals surface area (Å²) in [4.78, 5) is 13.6. The summed E-state index contributed by atoms with van der Waals surface area (Å²) in [6.45, 7) is 1.06. The van der Waals surface area contributed by atoms with E-state index < -0.39 is 43.1 Å². The summed E-state index contributed by atoms with van der Waals surface area (Å²) < 4.78 is 5.11. The van der Waals surface area contributed by atoms with Crippen LogP contribution in [0.5, 0.6) is 0 Å². The van der Waals surface area contributed by atoms with Crippen LogP contribution in [0.25, 0.3) is 10.4 Å². The molecule has 0 aromatic heterocycles. The largest absolute Gasteiger partial charge is 0.388 e. The van der Waals surface area contributed by atoms with Gasteiger partial charge in [-0.2, -0.15) is 0 Å². The van der Waals surface area contributed by atoms with E-state index >= 15 is 0 Å². The minimum Gasteiger partial charge on any atom is -0.388 e. The summed E-state index contributed by atoms with van der Waals surface area (Å²) in [5.41, 5.74) is 8.02. The number of azide groups is 1. The van der Waals surface area contributed by atoms with Crippen molar-refractivity contribution in [3.8, 4) is 0 Å². The standard InChI is InChI=1S/C8H14N4O5/c1-3-5(14)6(15)7(16)8(17-3)11-4(13)2-10-12-9/h3,5-8,14-16H,2H2,1H3,(H,11,13)/t3-,5-,6+,7+,8-/m0/s1. The molecule has 9 nitrogen and oxygen atoms in total. The number of amides is 1. The van der Waals surface area contributed by atoms with E-state index in [9.17, 15) is 20.1 Å². The first-order chi connectivity index (χ1) is 7.97. The van der Waals surface area contributed by atoms with E-state index in [1.54, 1.807) is 0 Å². The lowest BCUT2D eigenvalue weighted by Gasteiger charge is -2.39. The Balaban J connectivity index is 2.59. The monoisotopic (exact) mass is 246 g/mol. The Kier molecular flexibility index (Phi) is 4.67. The number of ether oxygens (including phenoxy) is 1. The van der Waals surface area contributed by atoms with E-state index in [0.29, 0.717) is 0 Å². The molecule has 0 unspecified atom stereocenters. The van der Waals surface area contributed by atoms with Crippen LogP contribution in [0.2, 0.25) is 0 Å². The maximum Gasteiger partial charge on any atom is 0.227 e. The first-order valence-electron chi connectivity index (χ1n) is 4.97. The molecule has 1 heterocycles. The number of nitrogens with one attached hydrogen (secondary N) is 1. The van der Waals surface area contributed by atoms with Crippen molar-refractivity contribution in [1.29, 1.82) is 0 Å². The highest BCUT2D eigenvalue weighted by Gasteiger charge is 2.42. The maximum absolute atomic E-state index is 11.2. The van der Waals surface area contributed by atoms with Crippen LogP contribution in [0.15, 0.2) is 5.11 Å². The van der Waals surface area contributed by atoms with E-state index in [1.807, 2.05) is 0 Å². The van der Waals surface area contributed by atoms with Crippen molar-refractivity contribution in [1.82, 2.24) is 5.32 Å². The van der Waals surface area contributed by atoms with Gasteiger partial charge < -0.3 is 25.4 Å². The molecule has 0 bridgehead atoms. The molecule has 1 rings (SSSR count). The first-order valence-corrected chi connectivity index (χ1v) is 4.97. The van der Waals surface area contributed by atoms with Crippen molar-refractivity contribution < 1.29 is 24.9 Å². The van der Waals surface area contributed by atoms with Crippen molar-refractivity contribution >= 4 is 5.91 Å². The molecular weight excluding hydrogens is 232 g/mol. The first kappa shape index (κ1) is 13.7. The predicted molar refractivity (Wildman–Crippen MR) is 54.5 cm³/mol. The molecular formula is C8H14N4O5. The molecule has 17 heavy (non-hydrogen) atoms. The molecule has 1 aliphatic heterocycles. The van der Waals surface area contributed by atoms with Crippen LogP contribution in [-0.4, -0.2) is 58.4 Å². The van der Waals surface area contributed by atoms with E-state index in [-0.39, 0.29) is 0 Å². The summed E-state index contributed by atoms with van der Waals surface area (Å²) in [5, 5.41) is 33.7. The van der Waals surface area contributed by atoms with Gasteiger partial charge in [0, 0.05) is 4.91 Å². The third-order valence-electron chi connectivity index (χ3n) is 2.43. The molecule has 0 saturated carbocycles. The van der Waals surface area contributed by atoms with Gasteiger partial charge in [-0.3, -0.25) is 4.79 Å². The second kappa shape index (κ2) is 5.80. The highest BCUT2D eigenvalue weighted by molar-refractivity contribution is 5.78. The Bertz CT molecular complexity index is 332. The van der Waals surface area contributed by atoms with Gasteiger partial charge in [0.15, 0.2) is 6.23 Å². The van der Waals surface area contributed by atoms with Gasteiger partial charge in [-0.05, 0) is 12.5 Å². The Hall–Kier alpha value is -1.38. The molecule has 0 aliphatic carbocycles. The van der Waals surface area contributed by atoms with Gasteiger partial charge in [0.1, 0.15) is 24.9 Å². The highest BCUT2D eigenvalue weighted by atomic mass is 16.5. The molecule has 1 amide bonds. The fourth-order valence-corrected chi connectivity index (χ4v) is 1.47. The third-order valence-corrected chi connectivity index (χ3v) is 2.43. The number of hydrogen-bond acceptors (Lipinski definition) is 6. The molecule has 4 N–H and O–H groups in total. The Morgan fingerprint density at radius 3 is 2.65 bits per heavy atom. The van der Waals surface area contributed by atoms with Gasteiger partial charge in [0.2, 0.25) is 5.91 Å². The molecule has 9 heteroatoms. The third kappa shape index (κ3) is 3.29. The molecule has 0 aromatic rings. The lowest BCUT2D eigenvalue weighted by Crippen LogP contribution is -2.61. The Morgan fingerprint density at radius 2 is 2.06 bits per heavy atom.